The molecule has 20 heavy (non-hydrogen) atoms. The van der Waals surface area contributed by atoms with Gasteiger partial charge >= 0.3 is 5.97 Å². The van der Waals surface area contributed by atoms with E-state index in [1.807, 2.05) is 0 Å². The van der Waals surface area contributed by atoms with Gasteiger partial charge in [0.05, 0.1) is 5.92 Å². The zero-order chi connectivity index (χ0) is 14.7. The summed E-state index contributed by atoms with van der Waals surface area (Å²) in [6.07, 6.45) is 4.01. The number of carboxylic acids is 1. The van der Waals surface area contributed by atoms with Crippen LogP contribution < -0.4 is 0 Å². The molecule has 1 aliphatic carbocycles. The van der Waals surface area contributed by atoms with Gasteiger partial charge in [0.25, 0.3) is 0 Å². The fourth-order valence-corrected chi connectivity index (χ4v) is 2.54. The Morgan fingerprint density at radius 3 is 2.70 bits per heavy atom. The van der Waals surface area contributed by atoms with Crippen LogP contribution in [0.3, 0.4) is 0 Å². The highest BCUT2D eigenvalue weighted by molar-refractivity contribution is 5.90. The Morgan fingerprint density at radius 2 is 2.15 bits per heavy atom. The van der Waals surface area contributed by atoms with Gasteiger partial charge in [-0.1, -0.05) is 6.08 Å². The van der Waals surface area contributed by atoms with Crippen molar-refractivity contribution in [2.45, 2.75) is 19.3 Å². The minimum absolute atomic E-state index is 0.00382. The molecule has 0 aromatic carbocycles. The first kappa shape index (κ1) is 14.6. The zero-order valence-electron chi connectivity index (χ0n) is 11.5. The third kappa shape index (κ3) is 3.59. The predicted molar refractivity (Wildman–Crippen MR) is 71.8 cm³/mol. The van der Waals surface area contributed by atoms with E-state index in [1.165, 1.54) is 11.0 Å². The third-order valence-corrected chi connectivity index (χ3v) is 3.73. The molecule has 0 bridgehead atoms. The van der Waals surface area contributed by atoms with Crippen LogP contribution in [0.1, 0.15) is 19.3 Å². The number of hydrogen-bond donors (Lipinski definition) is 1. The molecule has 6 nitrogen and oxygen atoms in total. The van der Waals surface area contributed by atoms with Gasteiger partial charge in [-0.3, -0.25) is 14.4 Å². The Balaban J connectivity index is 1.94. The lowest BCUT2D eigenvalue weighted by molar-refractivity contribution is -0.145. The second kappa shape index (κ2) is 6.07. The van der Waals surface area contributed by atoms with Crippen molar-refractivity contribution in [3.8, 4) is 0 Å². The average Bonchev–Trinajstić information content (AvgIpc) is 3.11. The van der Waals surface area contributed by atoms with E-state index in [2.05, 4.69) is 6.58 Å². The molecule has 2 fully saturated rings. The molecule has 2 rings (SSSR count). The molecular formula is C14H20N2O4. The standard InChI is InChI=1S/C14H20N2O4/c1-2-5-15(9-13(18)19)14(20)11-6-12(17)16(8-11)7-10-3-4-10/h2,10-11H,1,3-9H2,(H,18,19). The van der Waals surface area contributed by atoms with Crippen molar-refractivity contribution in [3.05, 3.63) is 12.7 Å². The summed E-state index contributed by atoms with van der Waals surface area (Å²) in [6.45, 7) is 4.53. The average molecular weight is 280 g/mol. The summed E-state index contributed by atoms with van der Waals surface area (Å²) in [5, 5.41) is 8.83. The maximum atomic E-state index is 12.3. The summed E-state index contributed by atoms with van der Waals surface area (Å²) in [5.41, 5.74) is 0. The third-order valence-electron chi connectivity index (χ3n) is 3.73. The monoisotopic (exact) mass is 280 g/mol. The van der Waals surface area contributed by atoms with Crippen molar-refractivity contribution in [1.82, 2.24) is 9.80 Å². The second-order valence-corrected chi connectivity index (χ2v) is 5.54. The fraction of sp³-hybridized carbons (Fsp3) is 0.643. The van der Waals surface area contributed by atoms with E-state index >= 15 is 0 Å². The smallest absolute Gasteiger partial charge is 0.323 e. The highest BCUT2D eigenvalue weighted by Crippen LogP contribution is 2.32. The number of carbonyl (C=O) groups is 3. The van der Waals surface area contributed by atoms with Crippen molar-refractivity contribution in [2.24, 2.45) is 11.8 Å². The number of likely N-dealkylation sites (tertiary alicyclic amines) is 1. The van der Waals surface area contributed by atoms with Gasteiger partial charge in [-0.05, 0) is 18.8 Å². The molecule has 2 amide bonds. The lowest BCUT2D eigenvalue weighted by Crippen LogP contribution is -2.40. The Morgan fingerprint density at radius 1 is 1.45 bits per heavy atom. The van der Waals surface area contributed by atoms with Crippen LogP contribution in [0.15, 0.2) is 12.7 Å². The molecule has 0 aromatic heterocycles. The molecule has 1 aliphatic heterocycles. The first-order valence-corrected chi connectivity index (χ1v) is 6.90. The molecule has 0 radical (unpaired) electrons. The molecule has 0 spiro atoms. The molecule has 6 heteroatoms. The van der Waals surface area contributed by atoms with E-state index in [1.54, 1.807) is 4.90 Å². The predicted octanol–water partition coefficient (Wildman–Crippen LogP) is 0.344. The Bertz CT molecular complexity index is 431. The maximum absolute atomic E-state index is 12.3. The van der Waals surface area contributed by atoms with E-state index in [4.69, 9.17) is 5.11 Å². The van der Waals surface area contributed by atoms with E-state index in [-0.39, 0.29) is 31.3 Å². The molecule has 1 saturated carbocycles. The number of rotatable bonds is 7. The SMILES string of the molecule is C=CCN(CC(=O)O)C(=O)C1CC(=O)N(CC2CC2)C1. The van der Waals surface area contributed by atoms with Crippen LogP contribution in [-0.2, 0) is 14.4 Å². The van der Waals surface area contributed by atoms with Gasteiger partial charge in [0.1, 0.15) is 6.54 Å². The van der Waals surface area contributed by atoms with E-state index < -0.39 is 11.9 Å². The van der Waals surface area contributed by atoms with E-state index in [0.717, 1.165) is 19.4 Å². The molecule has 1 N–H and O–H groups in total. The molecule has 2 aliphatic rings. The van der Waals surface area contributed by atoms with Crippen LogP contribution in [0.5, 0.6) is 0 Å². The molecule has 1 saturated heterocycles. The van der Waals surface area contributed by atoms with Gasteiger partial charge < -0.3 is 14.9 Å². The van der Waals surface area contributed by atoms with Crippen LogP contribution >= 0.6 is 0 Å². The summed E-state index contributed by atoms with van der Waals surface area (Å²) in [7, 11) is 0. The van der Waals surface area contributed by atoms with Gasteiger partial charge in [-0.25, -0.2) is 0 Å². The van der Waals surface area contributed by atoms with Crippen LogP contribution in [0.25, 0.3) is 0 Å². The minimum atomic E-state index is -1.06. The number of carboxylic acid groups (broad SMARTS) is 1. The number of carbonyl (C=O) groups excluding carboxylic acids is 2. The molecule has 1 unspecified atom stereocenters. The molecule has 0 aromatic rings. The number of aliphatic carboxylic acids is 1. The topological polar surface area (TPSA) is 77.9 Å². The van der Waals surface area contributed by atoms with Gasteiger partial charge in [0.2, 0.25) is 11.8 Å². The van der Waals surface area contributed by atoms with Crippen molar-refractivity contribution < 1.29 is 19.5 Å². The fourth-order valence-electron chi connectivity index (χ4n) is 2.54. The Hall–Kier alpha value is -1.85. The summed E-state index contributed by atoms with van der Waals surface area (Å²) in [5.74, 6) is -1.14. The zero-order valence-corrected chi connectivity index (χ0v) is 11.5. The summed E-state index contributed by atoms with van der Waals surface area (Å²) >= 11 is 0. The highest BCUT2D eigenvalue weighted by atomic mass is 16.4. The maximum Gasteiger partial charge on any atom is 0.323 e. The Labute approximate surface area is 118 Å². The van der Waals surface area contributed by atoms with Crippen molar-refractivity contribution >= 4 is 17.8 Å². The quantitative estimate of drug-likeness (QED) is 0.682. The lowest BCUT2D eigenvalue weighted by Gasteiger charge is -2.22. The largest absolute Gasteiger partial charge is 0.480 e. The first-order chi connectivity index (χ1) is 9.51. The minimum Gasteiger partial charge on any atom is -0.480 e. The van der Waals surface area contributed by atoms with Crippen LogP contribution in [0.4, 0.5) is 0 Å². The lowest BCUT2D eigenvalue weighted by atomic mass is 10.1. The second-order valence-electron chi connectivity index (χ2n) is 5.54. The first-order valence-electron chi connectivity index (χ1n) is 6.90. The molecule has 1 atom stereocenters. The normalized spacial score (nSPS) is 21.9. The van der Waals surface area contributed by atoms with Crippen LogP contribution in [0, 0.1) is 11.8 Å². The van der Waals surface area contributed by atoms with Gasteiger partial charge in [0, 0.05) is 26.1 Å². The molecule has 110 valence electrons. The number of amides is 2. The van der Waals surface area contributed by atoms with Crippen LogP contribution in [0.2, 0.25) is 0 Å². The molecular weight excluding hydrogens is 260 g/mol. The van der Waals surface area contributed by atoms with Crippen molar-refractivity contribution in [1.29, 1.82) is 0 Å². The van der Waals surface area contributed by atoms with Crippen molar-refractivity contribution in [3.63, 3.8) is 0 Å². The van der Waals surface area contributed by atoms with Crippen LogP contribution in [-0.4, -0.2) is 58.9 Å². The number of nitrogens with zero attached hydrogens (tertiary/aromatic N) is 2. The van der Waals surface area contributed by atoms with Crippen molar-refractivity contribution in [2.75, 3.05) is 26.2 Å². The summed E-state index contributed by atoms with van der Waals surface area (Å²) in [4.78, 5) is 37.9. The summed E-state index contributed by atoms with van der Waals surface area (Å²) < 4.78 is 0. The van der Waals surface area contributed by atoms with Gasteiger partial charge in [-0.15, -0.1) is 6.58 Å². The van der Waals surface area contributed by atoms with E-state index in [0.29, 0.717) is 12.5 Å². The van der Waals surface area contributed by atoms with E-state index in [9.17, 15) is 14.4 Å². The highest BCUT2D eigenvalue weighted by Gasteiger charge is 2.38. The van der Waals surface area contributed by atoms with Gasteiger partial charge in [0.15, 0.2) is 0 Å². The van der Waals surface area contributed by atoms with Gasteiger partial charge in [-0.2, -0.15) is 0 Å². The Kier molecular flexibility index (Phi) is 4.42. The summed E-state index contributed by atoms with van der Waals surface area (Å²) in [6, 6.07) is 0. The number of hydrogen-bond acceptors (Lipinski definition) is 3. The molecule has 1 heterocycles.